The Bertz CT molecular complexity index is 109. The van der Waals surface area contributed by atoms with E-state index in [1.54, 1.807) is 0 Å². The smallest absolute Gasteiger partial charge is 0.0627 e. The maximum atomic E-state index is 5.64. The Labute approximate surface area is 63.8 Å². The van der Waals surface area contributed by atoms with Crippen molar-refractivity contribution in [3.8, 4) is 0 Å². The molecule has 1 nitrogen and oxygen atoms in total. The minimum Gasteiger partial charge on any atom is -0.377 e. The van der Waals surface area contributed by atoms with Crippen molar-refractivity contribution < 1.29 is 4.74 Å². The Morgan fingerprint density at radius 2 is 1.90 bits per heavy atom. The van der Waals surface area contributed by atoms with E-state index < -0.39 is 0 Å². The van der Waals surface area contributed by atoms with E-state index in [4.69, 9.17) is 4.74 Å². The standard InChI is InChI=1S/C9H18O/c1-6(2)9-8(4)7(3)5-10-9/h6-9H,5H2,1-4H3/t7-,8?,9-/m1/s1. The Morgan fingerprint density at radius 1 is 1.30 bits per heavy atom. The lowest BCUT2D eigenvalue weighted by atomic mass is 9.89. The molecule has 0 saturated carbocycles. The largest absolute Gasteiger partial charge is 0.377 e. The second kappa shape index (κ2) is 2.91. The van der Waals surface area contributed by atoms with E-state index in [2.05, 4.69) is 27.7 Å². The van der Waals surface area contributed by atoms with Gasteiger partial charge in [0.05, 0.1) is 6.10 Å². The zero-order valence-electron chi connectivity index (χ0n) is 7.42. The number of ether oxygens (including phenoxy) is 1. The van der Waals surface area contributed by atoms with Gasteiger partial charge in [-0.05, 0) is 17.8 Å². The summed E-state index contributed by atoms with van der Waals surface area (Å²) in [5.74, 6) is 2.19. The van der Waals surface area contributed by atoms with Crippen molar-refractivity contribution in [1.29, 1.82) is 0 Å². The molecule has 1 saturated heterocycles. The van der Waals surface area contributed by atoms with Crippen LogP contribution in [0.1, 0.15) is 27.7 Å². The van der Waals surface area contributed by atoms with Crippen LogP contribution in [-0.2, 0) is 4.74 Å². The lowest BCUT2D eigenvalue weighted by Crippen LogP contribution is -2.21. The zero-order chi connectivity index (χ0) is 7.72. The Hall–Kier alpha value is -0.0400. The average Bonchev–Trinajstić information content (AvgIpc) is 2.14. The lowest BCUT2D eigenvalue weighted by molar-refractivity contribution is 0.0575. The van der Waals surface area contributed by atoms with Gasteiger partial charge in [-0.3, -0.25) is 0 Å². The second-order valence-corrected chi connectivity index (χ2v) is 3.88. The van der Waals surface area contributed by atoms with Crippen LogP contribution in [0.5, 0.6) is 0 Å². The highest BCUT2D eigenvalue weighted by Gasteiger charge is 2.32. The first-order chi connectivity index (χ1) is 4.63. The quantitative estimate of drug-likeness (QED) is 0.546. The van der Waals surface area contributed by atoms with Crippen LogP contribution in [0.25, 0.3) is 0 Å². The summed E-state index contributed by atoms with van der Waals surface area (Å²) in [6.45, 7) is 10.00. The summed E-state index contributed by atoms with van der Waals surface area (Å²) in [6.07, 6.45) is 0.509. The van der Waals surface area contributed by atoms with Gasteiger partial charge in [0.1, 0.15) is 0 Å². The summed E-state index contributed by atoms with van der Waals surface area (Å²) < 4.78 is 5.64. The fourth-order valence-corrected chi connectivity index (χ4v) is 1.69. The van der Waals surface area contributed by atoms with Crippen LogP contribution in [0.2, 0.25) is 0 Å². The molecule has 60 valence electrons. The Kier molecular flexibility index (Phi) is 2.35. The maximum absolute atomic E-state index is 5.64. The fourth-order valence-electron chi connectivity index (χ4n) is 1.69. The van der Waals surface area contributed by atoms with E-state index in [-0.39, 0.29) is 0 Å². The molecule has 0 spiro atoms. The first kappa shape index (κ1) is 8.06. The average molecular weight is 142 g/mol. The van der Waals surface area contributed by atoms with Gasteiger partial charge >= 0.3 is 0 Å². The van der Waals surface area contributed by atoms with Crippen LogP contribution in [0.4, 0.5) is 0 Å². The Morgan fingerprint density at radius 3 is 2.10 bits per heavy atom. The highest BCUT2D eigenvalue weighted by Crippen LogP contribution is 2.30. The van der Waals surface area contributed by atoms with Gasteiger partial charge < -0.3 is 4.74 Å². The summed E-state index contributed by atoms with van der Waals surface area (Å²) in [4.78, 5) is 0. The molecule has 0 radical (unpaired) electrons. The summed E-state index contributed by atoms with van der Waals surface area (Å²) >= 11 is 0. The molecule has 0 amide bonds. The van der Waals surface area contributed by atoms with Crippen LogP contribution in [-0.4, -0.2) is 12.7 Å². The summed E-state index contributed by atoms with van der Waals surface area (Å²) in [5.41, 5.74) is 0. The summed E-state index contributed by atoms with van der Waals surface area (Å²) in [7, 11) is 0. The van der Waals surface area contributed by atoms with E-state index in [9.17, 15) is 0 Å². The molecule has 0 aromatic rings. The van der Waals surface area contributed by atoms with E-state index in [0.29, 0.717) is 12.0 Å². The third-order valence-corrected chi connectivity index (χ3v) is 2.62. The number of rotatable bonds is 1. The van der Waals surface area contributed by atoms with Crippen molar-refractivity contribution in [2.45, 2.75) is 33.8 Å². The van der Waals surface area contributed by atoms with E-state index in [1.165, 1.54) is 0 Å². The molecule has 1 unspecified atom stereocenters. The van der Waals surface area contributed by atoms with Crippen LogP contribution in [0.3, 0.4) is 0 Å². The normalized spacial score (nSPS) is 41.1. The molecule has 10 heavy (non-hydrogen) atoms. The first-order valence-electron chi connectivity index (χ1n) is 4.24. The molecular weight excluding hydrogens is 124 g/mol. The maximum Gasteiger partial charge on any atom is 0.0627 e. The van der Waals surface area contributed by atoms with Gasteiger partial charge in [0, 0.05) is 6.61 Å². The highest BCUT2D eigenvalue weighted by molar-refractivity contribution is 4.79. The van der Waals surface area contributed by atoms with Crippen LogP contribution < -0.4 is 0 Å². The molecule has 0 bridgehead atoms. The monoisotopic (exact) mass is 142 g/mol. The molecule has 1 heteroatoms. The zero-order valence-corrected chi connectivity index (χ0v) is 7.42. The minimum atomic E-state index is 0.509. The molecule has 0 aromatic heterocycles. The van der Waals surface area contributed by atoms with Crippen molar-refractivity contribution in [2.24, 2.45) is 17.8 Å². The minimum absolute atomic E-state index is 0.509. The van der Waals surface area contributed by atoms with Crippen LogP contribution in [0.15, 0.2) is 0 Å². The molecule has 1 rings (SSSR count). The van der Waals surface area contributed by atoms with Gasteiger partial charge in [-0.2, -0.15) is 0 Å². The van der Waals surface area contributed by atoms with Gasteiger partial charge in [-0.25, -0.2) is 0 Å². The van der Waals surface area contributed by atoms with E-state index in [1.807, 2.05) is 0 Å². The van der Waals surface area contributed by atoms with Gasteiger partial charge in [0.2, 0.25) is 0 Å². The molecule has 3 atom stereocenters. The van der Waals surface area contributed by atoms with Crippen molar-refractivity contribution in [1.82, 2.24) is 0 Å². The van der Waals surface area contributed by atoms with Crippen molar-refractivity contribution in [3.63, 3.8) is 0 Å². The van der Waals surface area contributed by atoms with Crippen molar-refractivity contribution in [3.05, 3.63) is 0 Å². The van der Waals surface area contributed by atoms with Gasteiger partial charge in [0.25, 0.3) is 0 Å². The van der Waals surface area contributed by atoms with Gasteiger partial charge in [-0.1, -0.05) is 27.7 Å². The van der Waals surface area contributed by atoms with Gasteiger partial charge in [0.15, 0.2) is 0 Å². The van der Waals surface area contributed by atoms with Crippen LogP contribution >= 0.6 is 0 Å². The fraction of sp³-hybridized carbons (Fsp3) is 1.00. The van der Waals surface area contributed by atoms with Crippen LogP contribution in [0, 0.1) is 17.8 Å². The van der Waals surface area contributed by atoms with Gasteiger partial charge in [-0.15, -0.1) is 0 Å². The lowest BCUT2D eigenvalue weighted by Gasteiger charge is -2.19. The topological polar surface area (TPSA) is 9.23 Å². The SMILES string of the molecule is CC(C)[C@H]1OC[C@@H](C)C1C. The summed E-state index contributed by atoms with van der Waals surface area (Å²) in [5, 5.41) is 0. The van der Waals surface area contributed by atoms with Crippen molar-refractivity contribution >= 4 is 0 Å². The molecule has 1 aliphatic rings. The number of hydrogen-bond donors (Lipinski definition) is 0. The highest BCUT2D eigenvalue weighted by atomic mass is 16.5. The second-order valence-electron chi connectivity index (χ2n) is 3.88. The molecule has 1 heterocycles. The predicted octanol–water partition coefficient (Wildman–Crippen LogP) is 2.31. The predicted molar refractivity (Wildman–Crippen MR) is 42.9 cm³/mol. The van der Waals surface area contributed by atoms with E-state index >= 15 is 0 Å². The third kappa shape index (κ3) is 1.34. The third-order valence-electron chi connectivity index (χ3n) is 2.62. The van der Waals surface area contributed by atoms with Crippen molar-refractivity contribution in [2.75, 3.05) is 6.61 Å². The molecule has 0 aromatic carbocycles. The summed E-state index contributed by atoms with van der Waals surface area (Å²) in [6, 6.07) is 0. The van der Waals surface area contributed by atoms with E-state index in [0.717, 1.165) is 18.4 Å². The molecule has 1 fully saturated rings. The Balaban J connectivity index is 2.49. The number of hydrogen-bond acceptors (Lipinski definition) is 1. The molecule has 0 N–H and O–H groups in total. The molecular formula is C9H18O. The molecule has 1 aliphatic heterocycles. The molecule has 0 aliphatic carbocycles. The first-order valence-corrected chi connectivity index (χ1v) is 4.24.